The minimum Gasteiger partial charge on any atom is -0.347 e. The van der Waals surface area contributed by atoms with Crippen LogP contribution in [0.2, 0.25) is 5.02 Å². The zero-order valence-electron chi connectivity index (χ0n) is 13.5. The topological polar surface area (TPSA) is 96.0 Å². The van der Waals surface area contributed by atoms with Crippen molar-refractivity contribution >= 4 is 29.1 Å². The fourth-order valence-electron chi connectivity index (χ4n) is 2.62. The smallest absolute Gasteiger partial charge is 0.276 e. The van der Waals surface area contributed by atoms with Gasteiger partial charge in [0.05, 0.1) is 0 Å². The maximum atomic E-state index is 12.5. The Morgan fingerprint density at radius 1 is 1.08 bits per heavy atom. The van der Waals surface area contributed by atoms with Crippen molar-refractivity contribution in [1.29, 1.82) is 0 Å². The molecule has 3 rings (SSSR count). The number of carbonyl (C=O) groups excluding carboxylic acids is 2. The number of aromatic nitrogens is 2. The molecule has 0 spiro atoms. The zero-order chi connectivity index (χ0) is 17.6. The monoisotopic (exact) mass is 359 g/mol. The molecule has 8 heteroatoms. The summed E-state index contributed by atoms with van der Waals surface area (Å²) in [5.74, 6) is -0.898. The predicted molar refractivity (Wildman–Crippen MR) is 94.8 cm³/mol. The highest BCUT2D eigenvalue weighted by atomic mass is 35.5. The van der Waals surface area contributed by atoms with Crippen LogP contribution < -0.4 is 16.0 Å². The van der Waals surface area contributed by atoms with Crippen LogP contribution in [0.25, 0.3) is 0 Å². The molecule has 0 radical (unpaired) electrons. The van der Waals surface area contributed by atoms with E-state index in [-0.39, 0.29) is 17.4 Å². The molecular weight excluding hydrogens is 342 g/mol. The van der Waals surface area contributed by atoms with Gasteiger partial charge >= 0.3 is 0 Å². The number of carbonyl (C=O) groups is 2. The molecule has 1 unspecified atom stereocenters. The molecule has 3 N–H and O–H groups in total. The van der Waals surface area contributed by atoms with Crippen LogP contribution in [-0.2, 0) is 0 Å². The number of hydrogen-bond acceptors (Lipinski definition) is 5. The fourth-order valence-corrected chi connectivity index (χ4v) is 2.75. The SMILES string of the molecule is O=C(Nc1ccc(Cl)cc1)c1nccnc1C(=O)NC1CCCNC1. The average Bonchev–Trinajstić information content (AvgIpc) is 2.64. The van der Waals surface area contributed by atoms with Gasteiger partial charge < -0.3 is 16.0 Å². The van der Waals surface area contributed by atoms with E-state index >= 15 is 0 Å². The molecule has 1 atom stereocenters. The lowest BCUT2D eigenvalue weighted by atomic mass is 10.1. The van der Waals surface area contributed by atoms with E-state index in [1.165, 1.54) is 12.4 Å². The van der Waals surface area contributed by atoms with Crippen molar-refractivity contribution in [3.05, 3.63) is 53.1 Å². The van der Waals surface area contributed by atoms with Gasteiger partial charge in [-0.15, -0.1) is 0 Å². The predicted octanol–water partition coefficient (Wildman–Crippen LogP) is 1.86. The Bertz CT molecular complexity index is 760. The summed E-state index contributed by atoms with van der Waals surface area (Å²) in [6.07, 6.45) is 4.67. The molecule has 0 saturated carbocycles. The van der Waals surface area contributed by atoms with E-state index in [9.17, 15) is 9.59 Å². The number of rotatable bonds is 4. The lowest BCUT2D eigenvalue weighted by molar-refractivity contribution is 0.0912. The maximum absolute atomic E-state index is 12.5. The van der Waals surface area contributed by atoms with Gasteiger partial charge in [0.1, 0.15) is 0 Å². The van der Waals surface area contributed by atoms with Crippen LogP contribution in [-0.4, -0.2) is 40.9 Å². The molecular formula is C17H18ClN5O2. The van der Waals surface area contributed by atoms with Crippen LogP contribution in [0.15, 0.2) is 36.7 Å². The first kappa shape index (κ1) is 17.3. The highest BCUT2D eigenvalue weighted by Crippen LogP contribution is 2.15. The summed E-state index contributed by atoms with van der Waals surface area (Å²) in [6.45, 7) is 1.66. The lowest BCUT2D eigenvalue weighted by Crippen LogP contribution is -2.46. The van der Waals surface area contributed by atoms with E-state index in [0.717, 1.165) is 19.4 Å². The van der Waals surface area contributed by atoms with Crippen LogP contribution in [0.3, 0.4) is 0 Å². The summed E-state index contributed by atoms with van der Waals surface area (Å²) in [5, 5.41) is 9.39. The van der Waals surface area contributed by atoms with Crippen molar-refractivity contribution < 1.29 is 9.59 Å². The number of piperidine rings is 1. The van der Waals surface area contributed by atoms with Crippen molar-refractivity contribution in [2.75, 3.05) is 18.4 Å². The summed E-state index contributed by atoms with van der Waals surface area (Å²) in [6, 6.07) is 6.69. The standard InChI is InChI=1S/C17H18ClN5O2/c18-11-3-5-12(6-4-11)22-16(24)14-15(21-9-8-20-14)17(25)23-13-2-1-7-19-10-13/h3-6,8-9,13,19H,1-2,7,10H2,(H,22,24)(H,23,25). The Morgan fingerprint density at radius 2 is 1.76 bits per heavy atom. The molecule has 0 bridgehead atoms. The van der Waals surface area contributed by atoms with E-state index in [2.05, 4.69) is 25.9 Å². The van der Waals surface area contributed by atoms with Gasteiger partial charge in [0.2, 0.25) is 0 Å². The van der Waals surface area contributed by atoms with Crippen LogP contribution in [0, 0.1) is 0 Å². The summed E-state index contributed by atoms with van der Waals surface area (Å²) >= 11 is 5.83. The lowest BCUT2D eigenvalue weighted by Gasteiger charge is -2.23. The van der Waals surface area contributed by atoms with Crippen molar-refractivity contribution in [2.24, 2.45) is 0 Å². The third-order valence-corrected chi connectivity index (χ3v) is 4.11. The van der Waals surface area contributed by atoms with E-state index in [0.29, 0.717) is 17.3 Å². The Balaban J connectivity index is 1.74. The number of halogens is 1. The van der Waals surface area contributed by atoms with E-state index in [1.807, 2.05) is 0 Å². The van der Waals surface area contributed by atoms with E-state index < -0.39 is 11.8 Å². The van der Waals surface area contributed by atoms with Gasteiger partial charge in [0.25, 0.3) is 11.8 Å². The molecule has 25 heavy (non-hydrogen) atoms. The summed E-state index contributed by atoms with van der Waals surface area (Å²) in [5.41, 5.74) is 0.557. The summed E-state index contributed by atoms with van der Waals surface area (Å²) in [7, 11) is 0. The van der Waals surface area contributed by atoms with Gasteiger partial charge in [-0.3, -0.25) is 9.59 Å². The van der Waals surface area contributed by atoms with Crippen molar-refractivity contribution in [3.8, 4) is 0 Å². The molecule has 2 heterocycles. The van der Waals surface area contributed by atoms with Crippen LogP contribution in [0.1, 0.15) is 33.8 Å². The fraction of sp³-hybridized carbons (Fsp3) is 0.294. The van der Waals surface area contributed by atoms with Gasteiger partial charge in [-0.25, -0.2) is 9.97 Å². The normalized spacial score (nSPS) is 16.9. The van der Waals surface area contributed by atoms with E-state index in [1.54, 1.807) is 24.3 Å². The Morgan fingerprint density at radius 3 is 2.40 bits per heavy atom. The molecule has 1 aliphatic heterocycles. The number of hydrogen-bond donors (Lipinski definition) is 3. The molecule has 1 aromatic carbocycles. The summed E-state index contributed by atoms with van der Waals surface area (Å²) < 4.78 is 0. The Labute approximate surface area is 150 Å². The second-order valence-corrected chi connectivity index (χ2v) is 6.17. The highest BCUT2D eigenvalue weighted by Gasteiger charge is 2.23. The number of anilines is 1. The number of nitrogens with one attached hydrogen (secondary N) is 3. The quantitative estimate of drug-likeness (QED) is 0.774. The van der Waals surface area contributed by atoms with Crippen LogP contribution >= 0.6 is 11.6 Å². The first-order valence-corrected chi connectivity index (χ1v) is 8.41. The van der Waals surface area contributed by atoms with Crippen molar-refractivity contribution in [2.45, 2.75) is 18.9 Å². The maximum Gasteiger partial charge on any atom is 0.276 e. The highest BCUT2D eigenvalue weighted by molar-refractivity contribution is 6.30. The van der Waals surface area contributed by atoms with Crippen LogP contribution in [0.5, 0.6) is 0 Å². The summed E-state index contributed by atoms with van der Waals surface area (Å²) in [4.78, 5) is 33.0. The molecule has 0 aliphatic carbocycles. The minimum atomic E-state index is -0.498. The Kier molecular flexibility index (Phi) is 5.57. The molecule has 1 fully saturated rings. The first-order valence-electron chi connectivity index (χ1n) is 8.03. The van der Waals surface area contributed by atoms with Crippen molar-refractivity contribution in [3.63, 3.8) is 0 Å². The second-order valence-electron chi connectivity index (χ2n) is 5.73. The van der Waals surface area contributed by atoms with Gasteiger partial charge in [0.15, 0.2) is 11.4 Å². The molecule has 1 saturated heterocycles. The zero-order valence-corrected chi connectivity index (χ0v) is 14.2. The minimum absolute atomic E-state index is 0.0135. The largest absolute Gasteiger partial charge is 0.347 e. The van der Waals surface area contributed by atoms with Gasteiger partial charge in [-0.05, 0) is 43.7 Å². The second kappa shape index (κ2) is 8.04. The van der Waals surface area contributed by atoms with Gasteiger partial charge in [-0.2, -0.15) is 0 Å². The molecule has 2 amide bonds. The van der Waals surface area contributed by atoms with Crippen molar-refractivity contribution in [1.82, 2.24) is 20.6 Å². The molecule has 1 aliphatic rings. The van der Waals surface area contributed by atoms with E-state index in [4.69, 9.17) is 11.6 Å². The number of amides is 2. The third kappa shape index (κ3) is 4.52. The molecule has 7 nitrogen and oxygen atoms in total. The first-order chi connectivity index (χ1) is 12.1. The Hall–Kier alpha value is -2.51. The average molecular weight is 360 g/mol. The van der Waals surface area contributed by atoms with Crippen LogP contribution in [0.4, 0.5) is 5.69 Å². The molecule has 2 aromatic rings. The molecule has 1 aromatic heterocycles. The number of nitrogens with zero attached hydrogens (tertiary/aromatic N) is 2. The van der Waals surface area contributed by atoms with Gasteiger partial charge in [-0.1, -0.05) is 11.6 Å². The van der Waals surface area contributed by atoms with Gasteiger partial charge in [0, 0.05) is 35.7 Å². The third-order valence-electron chi connectivity index (χ3n) is 3.86. The number of benzene rings is 1. The molecule has 130 valence electrons.